The lowest BCUT2D eigenvalue weighted by atomic mass is 9.97. The zero-order valence-electron chi connectivity index (χ0n) is 51.5. The van der Waals surface area contributed by atoms with E-state index in [0.717, 1.165) is 94.5 Å². The topological polar surface area (TPSA) is 183 Å². The van der Waals surface area contributed by atoms with Gasteiger partial charge in [0.2, 0.25) is 0 Å². The molecule has 8 bridgehead atoms. The van der Waals surface area contributed by atoms with E-state index < -0.39 is 0 Å². The number of aromatic nitrogens is 8. The molecule has 2 aliphatic rings. The monoisotopic (exact) mass is 1180 g/mol. The van der Waals surface area contributed by atoms with Crippen LogP contribution in [0.15, 0.2) is 97.1 Å². The molecule has 0 saturated carbocycles. The van der Waals surface area contributed by atoms with E-state index in [0.29, 0.717) is 189 Å². The van der Waals surface area contributed by atoms with Crippen molar-refractivity contribution in [2.45, 2.75) is 107 Å². The van der Waals surface area contributed by atoms with E-state index in [9.17, 15) is 0 Å². The molecule has 13 rings (SSSR count). The van der Waals surface area contributed by atoms with Crippen LogP contribution in [0.5, 0.6) is 46.0 Å². The first-order chi connectivity index (χ1) is 43.4. The summed E-state index contributed by atoms with van der Waals surface area (Å²) in [6, 6.07) is 32.7. The fourth-order valence-electron chi connectivity index (χ4n) is 12.1. The Labute approximate surface area is 510 Å². The van der Waals surface area contributed by atoms with Gasteiger partial charge >= 0.3 is 0 Å². The molecule has 16 heteroatoms. The summed E-state index contributed by atoms with van der Waals surface area (Å²) in [6.45, 7) is 20.2. The Balaban J connectivity index is 1.34. The zero-order chi connectivity index (χ0) is 60.4. The van der Waals surface area contributed by atoms with Crippen molar-refractivity contribution < 1.29 is 37.9 Å². The van der Waals surface area contributed by atoms with Crippen molar-refractivity contribution in [2.24, 2.45) is 0 Å². The maximum absolute atomic E-state index is 6.98. The van der Waals surface area contributed by atoms with Gasteiger partial charge in [-0.05, 0) is 51.4 Å². The van der Waals surface area contributed by atoms with Gasteiger partial charge in [0.1, 0.15) is 68.6 Å². The number of nitrogens with zero attached hydrogens (tertiary/aromatic N) is 6. The number of benzene rings is 8. The van der Waals surface area contributed by atoms with Crippen LogP contribution >= 0.6 is 0 Å². The van der Waals surface area contributed by atoms with E-state index in [1.807, 2.05) is 48.5 Å². The molecule has 2 N–H and O–H groups in total. The second-order valence-corrected chi connectivity index (χ2v) is 22.2. The van der Waals surface area contributed by atoms with Crippen molar-refractivity contribution in [2.75, 3.05) is 52.9 Å². The molecule has 0 spiro atoms. The molecule has 88 heavy (non-hydrogen) atoms. The number of nitrogens with one attached hydrogen (secondary N) is 2. The molecule has 5 heterocycles. The highest BCUT2D eigenvalue weighted by molar-refractivity contribution is 6.23. The van der Waals surface area contributed by atoms with Crippen molar-refractivity contribution in [1.29, 1.82) is 0 Å². The van der Waals surface area contributed by atoms with Crippen LogP contribution in [-0.4, -0.2) is 92.7 Å². The molecule has 8 aromatic carbocycles. The Morgan fingerprint density at radius 2 is 0.409 bits per heavy atom. The first kappa shape index (κ1) is 57.6. The molecule has 0 fully saturated rings. The number of ether oxygens (including phenoxy) is 8. The van der Waals surface area contributed by atoms with E-state index in [2.05, 4.69) is 114 Å². The molecular formula is C72H74N8O8. The predicted octanol–water partition coefficient (Wildman–Crippen LogP) is 17.8. The van der Waals surface area contributed by atoms with Gasteiger partial charge in [0.25, 0.3) is 0 Å². The number of rotatable bonds is 24. The van der Waals surface area contributed by atoms with Crippen molar-refractivity contribution in [1.82, 2.24) is 39.9 Å². The summed E-state index contributed by atoms with van der Waals surface area (Å²) in [5.41, 5.74) is 4.18. The Kier molecular flexibility index (Phi) is 16.4. The number of H-pyrrole nitrogens is 2. The summed E-state index contributed by atoms with van der Waals surface area (Å²) in [5.74, 6) is 6.23. The van der Waals surface area contributed by atoms with E-state index in [1.54, 1.807) is 0 Å². The normalized spacial score (nSPS) is 11.9. The summed E-state index contributed by atoms with van der Waals surface area (Å²) in [6.07, 6.45) is 5.98. The number of hydrogen-bond acceptors (Lipinski definition) is 14. The van der Waals surface area contributed by atoms with Crippen LogP contribution in [0.4, 0.5) is 0 Å². The number of aromatic amines is 2. The molecule has 0 unspecified atom stereocenters. The summed E-state index contributed by atoms with van der Waals surface area (Å²) < 4.78 is 55.8. The van der Waals surface area contributed by atoms with Gasteiger partial charge in [0.05, 0.1) is 96.7 Å². The second-order valence-electron chi connectivity index (χ2n) is 22.2. The van der Waals surface area contributed by atoms with Crippen LogP contribution in [-0.2, 0) is 0 Å². The van der Waals surface area contributed by atoms with Gasteiger partial charge in [-0.3, -0.25) is 0 Å². The molecule has 0 atom stereocenters. The highest BCUT2D eigenvalue weighted by atomic mass is 16.5. The van der Waals surface area contributed by atoms with Gasteiger partial charge < -0.3 is 47.9 Å². The molecule has 0 aliphatic carbocycles. The number of hydrogen-bond donors (Lipinski definition) is 2. The largest absolute Gasteiger partial charge is 0.492 e. The van der Waals surface area contributed by atoms with Gasteiger partial charge in [-0.2, -0.15) is 0 Å². The molecule has 0 radical (unpaired) electrons. The van der Waals surface area contributed by atoms with E-state index in [-0.39, 0.29) is 0 Å². The molecule has 16 nitrogen and oxygen atoms in total. The summed E-state index contributed by atoms with van der Waals surface area (Å²) in [4.78, 5) is 41.7. The minimum atomic E-state index is 0.332. The van der Waals surface area contributed by atoms with E-state index >= 15 is 0 Å². The smallest absolute Gasteiger partial charge is 0.168 e. The molecule has 11 aromatic rings. The molecule has 2 aliphatic heterocycles. The Morgan fingerprint density at radius 1 is 0.239 bits per heavy atom. The molecule has 0 amide bonds. The van der Waals surface area contributed by atoms with Crippen LogP contribution in [0.3, 0.4) is 0 Å². The van der Waals surface area contributed by atoms with Crippen molar-refractivity contribution in [3.8, 4) is 91.5 Å². The minimum absolute atomic E-state index is 0.332. The SMILES string of the molecule is CCCOc1c2c(c(OCCC)c3ccccc13)-c1nc-2nc2[nH]c(nc3nc(nc4[nH]c(n1)c1c(OCCC)c5ccccc5c(OCCC)c41)-c1c-3c(OCCC)c3ccccc3c1OCCC)c1c(OCCC)c3ccccc3c(OCCC)c21. The second kappa shape index (κ2) is 25.1. The molecule has 450 valence electrons. The highest BCUT2D eigenvalue weighted by Gasteiger charge is 2.36. The van der Waals surface area contributed by atoms with E-state index in [1.165, 1.54) is 0 Å². The lowest BCUT2D eigenvalue weighted by Gasteiger charge is -2.18. The van der Waals surface area contributed by atoms with Crippen LogP contribution < -0.4 is 37.9 Å². The van der Waals surface area contributed by atoms with Crippen LogP contribution in [0.25, 0.3) is 133 Å². The fraction of sp³-hybridized carbons (Fsp3) is 0.333. The van der Waals surface area contributed by atoms with E-state index in [4.69, 9.17) is 67.8 Å². The maximum Gasteiger partial charge on any atom is 0.168 e. The maximum atomic E-state index is 6.98. The quantitative estimate of drug-likeness (QED) is 0.0583. The van der Waals surface area contributed by atoms with Gasteiger partial charge in [-0.15, -0.1) is 0 Å². The van der Waals surface area contributed by atoms with Gasteiger partial charge in [0, 0.05) is 43.1 Å². The summed E-state index contributed by atoms with van der Waals surface area (Å²) in [5, 5.41) is 9.43. The minimum Gasteiger partial charge on any atom is -0.492 e. The average Bonchev–Trinajstić information content (AvgIpc) is 2.73. The first-order valence-corrected chi connectivity index (χ1v) is 31.6. The van der Waals surface area contributed by atoms with Crippen molar-refractivity contribution in [3.63, 3.8) is 0 Å². The predicted molar refractivity (Wildman–Crippen MR) is 352 cm³/mol. The molecular weight excluding hydrogens is 1100 g/mol. The third-order valence-corrected chi connectivity index (χ3v) is 15.7. The Morgan fingerprint density at radius 3 is 0.591 bits per heavy atom. The van der Waals surface area contributed by atoms with Crippen molar-refractivity contribution >= 4 is 87.2 Å². The van der Waals surface area contributed by atoms with Crippen LogP contribution in [0.1, 0.15) is 107 Å². The summed E-state index contributed by atoms with van der Waals surface area (Å²) in [7, 11) is 0. The third kappa shape index (κ3) is 9.86. The number of fused-ring (bicyclic) bond motifs is 24. The average molecular weight is 1180 g/mol. The van der Waals surface area contributed by atoms with Gasteiger partial charge in [-0.25, -0.2) is 29.9 Å². The summed E-state index contributed by atoms with van der Waals surface area (Å²) >= 11 is 0. The first-order valence-electron chi connectivity index (χ1n) is 31.6. The van der Waals surface area contributed by atoms with Crippen LogP contribution in [0, 0.1) is 0 Å². The molecule has 0 saturated heterocycles. The third-order valence-electron chi connectivity index (χ3n) is 15.7. The van der Waals surface area contributed by atoms with Gasteiger partial charge in [-0.1, -0.05) is 152 Å². The fourth-order valence-corrected chi connectivity index (χ4v) is 12.1. The highest BCUT2D eigenvalue weighted by Crippen LogP contribution is 2.56. The molecule has 3 aromatic heterocycles. The lowest BCUT2D eigenvalue weighted by Crippen LogP contribution is -2.03. The zero-order valence-corrected chi connectivity index (χ0v) is 51.5. The Hall–Kier alpha value is -9.44. The van der Waals surface area contributed by atoms with Crippen molar-refractivity contribution in [3.05, 3.63) is 97.1 Å². The Bertz CT molecular complexity index is 4100. The van der Waals surface area contributed by atoms with Gasteiger partial charge in [0.15, 0.2) is 23.3 Å². The standard InChI is InChI=1S/C72H74N8O8/c1-9-33-81-57-41-25-17-18-26-42(41)58(82-34-10-2)50-49(57)65-73-66(50)78-68-53-54(62(86-38-14-6)46-30-22-21-29-45(46)61(53)85-37-13-5)70(75-68)80-72-56-55(63(87-39-15-7)47-31-23-24-32-48(47)64(56)88-40-16-8)71(76-72)79-69-52-51(67(74-69)77-65)59(83-35-11-3)43-27-19-20-28-44(43)60(52)84-36-12-4/h17-32H,9-16,33-40H2,1-8H3,(H2,73,74,75,76,77,78,79,80). The lowest BCUT2D eigenvalue weighted by molar-refractivity contribution is 0.316. The van der Waals surface area contributed by atoms with Crippen LogP contribution in [0.2, 0.25) is 0 Å².